The second-order valence-electron chi connectivity index (χ2n) is 0.699. The van der Waals surface area contributed by atoms with Gasteiger partial charge in [0.1, 0.15) is 0 Å². The fourth-order valence-electron chi connectivity index (χ4n) is 0.123. The van der Waals surface area contributed by atoms with E-state index < -0.39 is 6.16 Å². The normalized spacial score (nSPS) is 6.43. The zero-order chi connectivity index (χ0) is 4.99. The summed E-state index contributed by atoms with van der Waals surface area (Å²) < 4.78 is 3.96. The number of rotatable bonds is 1. The van der Waals surface area contributed by atoms with E-state index in [-0.39, 0.29) is 26.9 Å². The Morgan fingerprint density at radius 1 is 2.00 bits per heavy atom. The average molecular weight is 98.0 g/mol. The Hall–Kier alpha value is -0.133. The van der Waals surface area contributed by atoms with Gasteiger partial charge in [-0.05, 0) is 6.92 Å². The van der Waals surface area contributed by atoms with Crippen molar-refractivity contribution < 1.29 is 34.9 Å². The van der Waals surface area contributed by atoms with Crippen molar-refractivity contribution in [3.05, 3.63) is 0 Å². The summed E-state index contributed by atoms with van der Waals surface area (Å²) in [5, 5.41) is 7.69. The molecule has 0 aromatic carbocycles. The van der Waals surface area contributed by atoms with Crippen molar-refractivity contribution >= 4 is 6.16 Å². The van der Waals surface area contributed by atoms with Crippen molar-refractivity contribution in [1.82, 2.24) is 0 Å². The van der Waals surface area contributed by atoms with Gasteiger partial charge >= 0.3 is 25.0 Å². The summed E-state index contributed by atoms with van der Waals surface area (Å²) in [6.07, 6.45) is -1.21. The van der Waals surface area contributed by atoms with Gasteiger partial charge in [0, 0.05) is 0 Å². The standard InChI is InChI=1S/C3H6O3.Li.H/c1-2-6-3(4)5;;/h2H2,1H3,(H,4,5);;/q;+1;-1. The fraction of sp³-hybridized carbons (Fsp3) is 0.667. The minimum absolute atomic E-state index is 0. The molecule has 0 heterocycles. The van der Waals surface area contributed by atoms with Gasteiger partial charge in [0.05, 0.1) is 6.61 Å². The predicted molar refractivity (Wildman–Crippen MR) is 20.8 cm³/mol. The van der Waals surface area contributed by atoms with Gasteiger partial charge in [-0.15, -0.1) is 0 Å². The van der Waals surface area contributed by atoms with Crippen LogP contribution in [-0.4, -0.2) is 17.9 Å². The van der Waals surface area contributed by atoms with Crippen LogP contribution < -0.4 is 18.9 Å². The van der Waals surface area contributed by atoms with Crippen LogP contribution >= 0.6 is 0 Å². The summed E-state index contributed by atoms with van der Waals surface area (Å²) in [6.45, 7) is 1.85. The van der Waals surface area contributed by atoms with Gasteiger partial charge in [0.15, 0.2) is 0 Å². The molecule has 0 spiro atoms. The van der Waals surface area contributed by atoms with E-state index in [0.29, 0.717) is 0 Å². The largest absolute Gasteiger partial charge is 1.00 e. The van der Waals surface area contributed by atoms with Crippen LogP contribution in [0.1, 0.15) is 8.35 Å². The number of ether oxygens (including phenoxy) is 1. The summed E-state index contributed by atoms with van der Waals surface area (Å²) >= 11 is 0. The topological polar surface area (TPSA) is 46.5 Å². The third-order valence-electron chi connectivity index (χ3n) is 0.268. The van der Waals surface area contributed by atoms with Crippen LogP contribution in [0, 0.1) is 0 Å². The van der Waals surface area contributed by atoms with E-state index >= 15 is 0 Å². The van der Waals surface area contributed by atoms with Crippen LogP contribution in [0.4, 0.5) is 4.79 Å². The van der Waals surface area contributed by atoms with E-state index in [9.17, 15) is 4.79 Å². The molecule has 0 unspecified atom stereocenters. The first-order valence-electron chi connectivity index (χ1n) is 1.63. The summed E-state index contributed by atoms with van der Waals surface area (Å²) in [7, 11) is 0. The zero-order valence-corrected chi connectivity index (χ0v) is 4.47. The summed E-state index contributed by atoms with van der Waals surface area (Å²) in [5.41, 5.74) is 0. The average Bonchev–Trinajstić information content (AvgIpc) is 1.35. The van der Waals surface area contributed by atoms with Gasteiger partial charge in [-0.3, -0.25) is 0 Å². The van der Waals surface area contributed by atoms with Crippen molar-refractivity contribution in [3.63, 3.8) is 0 Å². The molecule has 0 saturated carbocycles. The molecule has 0 aliphatic rings. The van der Waals surface area contributed by atoms with Crippen LogP contribution in [0.2, 0.25) is 0 Å². The van der Waals surface area contributed by atoms with Crippen molar-refractivity contribution in [3.8, 4) is 0 Å². The number of hydrogen-bond donors (Lipinski definition) is 1. The Kier molecular flexibility index (Phi) is 8.36. The van der Waals surface area contributed by atoms with Crippen LogP contribution in [0.3, 0.4) is 0 Å². The number of carbonyl (C=O) groups is 1. The summed E-state index contributed by atoms with van der Waals surface area (Å²) in [5.74, 6) is 0. The molecule has 0 aliphatic heterocycles. The molecule has 0 fully saturated rings. The molecule has 0 amide bonds. The summed E-state index contributed by atoms with van der Waals surface area (Å²) in [6, 6.07) is 0. The molecular formula is C3H7LiO3. The molecule has 7 heavy (non-hydrogen) atoms. The molecule has 38 valence electrons. The van der Waals surface area contributed by atoms with Crippen LogP contribution in [-0.2, 0) is 4.74 Å². The fourth-order valence-corrected chi connectivity index (χ4v) is 0.123. The first-order chi connectivity index (χ1) is 2.77. The predicted octanol–water partition coefficient (Wildman–Crippen LogP) is -2.18. The van der Waals surface area contributed by atoms with Crippen LogP contribution in [0.5, 0.6) is 0 Å². The van der Waals surface area contributed by atoms with Gasteiger partial charge in [0.2, 0.25) is 0 Å². The second-order valence-corrected chi connectivity index (χ2v) is 0.699. The van der Waals surface area contributed by atoms with Crippen molar-refractivity contribution in [1.29, 1.82) is 0 Å². The van der Waals surface area contributed by atoms with Crippen molar-refractivity contribution in [2.45, 2.75) is 6.92 Å². The molecular weight excluding hydrogens is 91.0 g/mol. The Labute approximate surface area is 55.3 Å². The quantitative estimate of drug-likeness (QED) is 0.299. The van der Waals surface area contributed by atoms with Crippen LogP contribution in [0.15, 0.2) is 0 Å². The SMILES string of the molecule is CCOC(=O)O.[H-].[Li+]. The molecule has 1 N–H and O–H groups in total. The molecule has 0 atom stereocenters. The third-order valence-corrected chi connectivity index (χ3v) is 0.268. The molecule has 4 heteroatoms. The minimum atomic E-state index is -1.21. The van der Waals surface area contributed by atoms with Gasteiger partial charge in [-0.2, -0.15) is 0 Å². The summed E-state index contributed by atoms with van der Waals surface area (Å²) in [4.78, 5) is 9.38. The first kappa shape index (κ1) is 9.98. The Morgan fingerprint density at radius 3 is 2.43 bits per heavy atom. The van der Waals surface area contributed by atoms with E-state index in [1.807, 2.05) is 0 Å². The molecule has 0 aromatic rings. The monoisotopic (exact) mass is 98.1 g/mol. The van der Waals surface area contributed by atoms with E-state index in [0.717, 1.165) is 0 Å². The van der Waals surface area contributed by atoms with Crippen molar-refractivity contribution in [2.24, 2.45) is 0 Å². The maximum Gasteiger partial charge on any atom is 1.00 e. The van der Waals surface area contributed by atoms with Gasteiger partial charge < -0.3 is 11.3 Å². The molecule has 0 radical (unpaired) electrons. The number of carboxylic acid groups (broad SMARTS) is 1. The molecule has 0 aliphatic carbocycles. The van der Waals surface area contributed by atoms with E-state index in [1.165, 1.54) is 0 Å². The van der Waals surface area contributed by atoms with Gasteiger partial charge in [-0.1, -0.05) is 0 Å². The Morgan fingerprint density at radius 2 is 2.43 bits per heavy atom. The molecule has 0 rings (SSSR count). The molecule has 0 aromatic heterocycles. The zero-order valence-electron chi connectivity index (χ0n) is 5.47. The molecule has 0 bridgehead atoms. The first-order valence-corrected chi connectivity index (χ1v) is 1.63. The van der Waals surface area contributed by atoms with Gasteiger partial charge in [0.25, 0.3) is 0 Å². The van der Waals surface area contributed by atoms with E-state index in [2.05, 4.69) is 4.74 Å². The second kappa shape index (κ2) is 5.87. The number of hydrogen-bond acceptors (Lipinski definition) is 2. The van der Waals surface area contributed by atoms with Crippen LogP contribution in [0.25, 0.3) is 0 Å². The van der Waals surface area contributed by atoms with E-state index in [1.54, 1.807) is 6.92 Å². The third kappa shape index (κ3) is 10.7. The smallest absolute Gasteiger partial charge is 1.00 e. The molecule has 0 saturated heterocycles. The van der Waals surface area contributed by atoms with Gasteiger partial charge in [-0.25, -0.2) is 4.79 Å². The maximum absolute atomic E-state index is 9.38. The Bertz CT molecular complexity index is 58.5. The minimum Gasteiger partial charge on any atom is -1.00 e. The Balaban J connectivity index is -0.000000125. The van der Waals surface area contributed by atoms with E-state index in [4.69, 9.17) is 5.11 Å². The molecule has 3 nitrogen and oxygen atoms in total. The van der Waals surface area contributed by atoms with Crippen molar-refractivity contribution in [2.75, 3.05) is 6.61 Å². The maximum atomic E-state index is 9.38.